The fourth-order valence-corrected chi connectivity index (χ4v) is 2.74. The van der Waals surface area contributed by atoms with Gasteiger partial charge in [0.25, 0.3) is 0 Å². The Morgan fingerprint density at radius 3 is 2.82 bits per heavy atom. The van der Waals surface area contributed by atoms with E-state index >= 15 is 0 Å². The highest BCUT2D eigenvalue weighted by molar-refractivity contribution is 5.70. The third kappa shape index (κ3) is 2.57. The average Bonchev–Trinajstić information content (AvgIpc) is 2.54. The van der Waals surface area contributed by atoms with Gasteiger partial charge in [-0.05, 0) is 24.5 Å². The van der Waals surface area contributed by atoms with Gasteiger partial charge in [0.2, 0.25) is 11.6 Å². The molecule has 0 radical (unpaired) electrons. The van der Waals surface area contributed by atoms with Crippen molar-refractivity contribution in [2.24, 2.45) is 0 Å². The summed E-state index contributed by atoms with van der Waals surface area (Å²) in [5.74, 6) is 0.654. The molecule has 0 saturated carbocycles. The molecule has 0 atom stereocenters. The normalized spacial score (nSPS) is 13.6. The van der Waals surface area contributed by atoms with Crippen LogP contribution in [0.2, 0.25) is 0 Å². The number of rotatable bonds is 4. The van der Waals surface area contributed by atoms with Gasteiger partial charge >= 0.3 is 5.69 Å². The lowest BCUT2D eigenvalue weighted by Crippen LogP contribution is -2.31. The minimum Gasteiger partial charge on any atom is -0.364 e. The first-order valence-corrected chi connectivity index (χ1v) is 7.25. The van der Waals surface area contributed by atoms with Gasteiger partial charge in [0.1, 0.15) is 6.33 Å². The number of nitro groups is 1. The summed E-state index contributed by atoms with van der Waals surface area (Å²) in [6, 6.07) is 8.16. The number of nitrogens with zero attached hydrogens (tertiary/aromatic N) is 4. The summed E-state index contributed by atoms with van der Waals surface area (Å²) < 4.78 is 0. The van der Waals surface area contributed by atoms with E-state index in [9.17, 15) is 10.1 Å². The summed E-state index contributed by atoms with van der Waals surface area (Å²) in [7, 11) is 0. The zero-order valence-electron chi connectivity index (χ0n) is 12.3. The van der Waals surface area contributed by atoms with E-state index in [0.29, 0.717) is 25.5 Å². The molecule has 0 fully saturated rings. The fraction of sp³-hybridized carbons (Fsp3) is 0.333. The molecule has 1 N–H and O–H groups in total. The molecule has 2 aromatic rings. The van der Waals surface area contributed by atoms with E-state index in [1.54, 1.807) is 0 Å². The minimum absolute atomic E-state index is 0.0521. The molecule has 1 aromatic heterocycles. The van der Waals surface area contributed by atoms with Crippen LogP contribution in [0.15, 0.2) is 30.6 Å². The van der Waals surface area contributed by atoms with E-state index in [1.807, 2.05) is 24.0 Å². The SMILES string of the molecule is CCNc1ncnc(N2CCc3ccccc3C2)c1[N+](=O)[O-]. The van der Waals surface area contributed by atoms with Gasteiger partial charge < -0.3 is 10.2 Å². The minimum atomic E-state index is -0.409. The second kappa shape index (κ2) is 5.97. The highest BCUT2D eigenvalue weighted by Crippen LogP contribution is 2.34. The van der Waals surface area contributed by atoms with Crippen molar-refractivity contribution < 1.29 is 4.92 Å². The number of anilines is 2. The Labute approximate surface area is 128 Å². The van der Waals surface area contributed by atoms with E-state index in [-0.39, 0.29) is 11.5 Å². The van der Waals surface area contributed by atoms with Crippen molar-refractivity contribution in [3.05, 3.63) is 51.8 Å². The molecule has 0 spiro atoms. The third-order valence-electron chi connectivity index (χ3n) is 3.76. The largest absolute Gasteiger partial charge is 0.364 e. The highest BCUT2D eigenvalue weighted by Gasteiger charge is 2.28. The van der Waals surface area contributed by atoms with Crippen molar-refractivity contribution in [1.29, 1.82) is 0 Å². The Bertz CT molecular complexity index is 704. The predicted octanol–water partition coefficient (Wildman–Crippen LogP) is 2.38. The number of hydrogen-bond acceptors (Lipinski definition) is 6. The van der Waals surface area contributed by atoms with Crippen LogP contribution < -0.4 is 10.2 Å². The highest BCUT2D eigenvalue weighted by atomic mass is 16.6. The lowest BCUT2D eigenvalue weighted by atomic mass is 10.00. The van der Waals surface area contributed by atoms with Gasteiger partial charge in [-0.3, -0.25) is 10.1 Å². The smallest absolute Gasteiger partial charge is 0.353 e. The van der Waals surface area contributed by atoms with E-state index in [2.05, 4.69) is 27.4 Å². The number of benzene rings is 1. The molecule has 0 aliphatic carbocycles. The van der Waals surface area contributed by atoms with E-state index < -0.39 is 4.92 Å². The lowest BCUT2D eigenvalue weighted by Gasteiger charge is -2.29. The molecule has 3 rings (SSSR count). The number of aromatic nitrogens is 2. The first kappa shape index (κ1) is 14.2. The molecule has 1 aromatic carbocycles. The fourth-order valence-electron chi connectivity index (χ4n) is 2.74. The Morgan fingerprint density at radius 1 is 1.32 bits per heavy atom. The molecular weight excluding hydrogens is 282 g/mol. The second-order valence-electron chi connectivity index (χ2n) is 5.12. The second-order valence-corrected chi connectivity index (χ2v) is 5.12. The summed E-state index contributed by atoms with van der Waals surface area (Å²) in [5, 5.41) is 14.4. The van der Waals surface area contributed by atoms with Crippen molar-refractivity contribution in [3.8, 4) is 0 Å². The van der Waals surface area contributed by atoms with Crippen LogP contribution >= 0.6 is 0 Å². The molecule has 0 saturated heterocycles. The molecule has 0 unspecified atom stereocenters. The Hall–Kier alpha value is -2.70. The van der Waals surface area contributed by atoms with Crippen LogP contribution in [0, 0.1) is 10.1 Å². The van der Waals surface area contributed by atoms with Gasteiger partial charge in [0.15, 0.2) is 0 Å². The maximum absolute atomic E-state index is 11.5. The predicted molar refractivity (Wildman–Crippen MR) is 84.0 cm³/mol. The van der Waals surface area contributed by atoms with Crippen molar-refractivity contribution in [2.75, 3.05) is 23.3 Å². The summed E-state index contributed by atoms with van der Waals surface area (Å²) in [6.45, 7) is 3.78. The first-order chi connectivity index (χ1) is 10.7. The summed E-state index contributed by atoms with van der Waals surface area (Å²) in [6.07, 6.45) is 2.23. The molecule has 0 amide bonds. The maximum atomic E-state index is 11.5. The van der Waals surface area contributed by atoms with Crippen molar-refractivity contribution in [2.45, 2.75) is 19.9 Å². The Balaban J connectivity index is 1.99. The van der Waals surface area contributed by atoms with Crippen LogP contribution in [-0.4, -0.2) is 28.0 Å². The van der Waals surface area contributed by atoms with Crippen LogP contribution in [0.25, 0.3) is 0 Å². The standard InChI is InChI=1S/C15H17N5O2/c1-2-16-14-13(20(21)22)15(18-10-17-14)19-8-7-11-5-3-4-6-12(11)9-19/h3-6,10H,2,7-9H2,1H3,(H,16,17,18). The molecule has 114 valence electrons. The molecule has 2 heterocycles. The summed E-state index contributed by atoms with van der Waals surface area (Å²) in [4.78, 5) is 21.2. The number of hydrogen-bond donors (Lipinski definition) is 1. The molecule has 0 bridgehead atoms. The summed E-state index contributed by atoms with van der Waals surface area (Å²) >= 11 is 0. The Kier molecular flexibility index (Phi) is 3.86. The van der Waals surface area contributed by atoms with Gasteiger partial charge in [-0.15, -0.1) is 0 Å². The van der Waals surface area contributed by atoms with Gasteiger partial charge in [-0.1, -0.05) is 24.3 Å². The van der Waals surface area contributed by atoms with Crippen LogP contribution in [0.5, 0.6) is 0 Å². The third-order valence-corrected chi connectivity index (χ3v) is 3.76. The van der Waals surface area contributed by atoms with Gasteiger partial charge in [0.05, 0.1) is 4.92 Å². The molecule has 22 heavy (non-hydrogen) atoms. The van der Waals surface area contributed by atoms with E-state index in [1.165, 1.54) is 17.5 Å². The zero-order valence-corrected chi connectivity index (χ0v) is 12.3. The van der Waals surface area contributed by atoms with Gasteiger partial charge in [-0.25, -0.2) is 9.97 Å². The van der Waals surface area contributed by atoms with Crippen molar-refractivity contribution in [3.63, 3.8) is 0 Å². The summed E-state index contributed by atoms with van der Waals surface area (Å²) in [5.41, 5.74) is 2.43. The molecule has 1 aliphatic rings. The van der Waals surface area contributed by atoms with Crippen LogP contribution in [0.4, 0.5) is 17.3 Å². The molecular formula is C15H17N5O2. The number of fused-ring (bicyclic) bond motifs is 1. The van der Waals surface area contributed by atoms with Crippen molar-refractivity contribution >= 4 is 17.3 Å². The molecule has 7 heteroatoms. The van der Waals surface area contributed by atoms with Crippen molar-refractivity contribution in [1.82, 2.24) is 9.97 Å². The number of nitrogens with one attached hydrogen (secondary N) is 1. The topological polar surface area (TPSA) is 84.2 Å². The van der Waals surface area contributed by atoms with Crippen LogP contribution in [0.3, 0.4) is 0 Å². The van der Waals surface area contributed by atoms with E-state index in [4.69, 9.17) is 0 Å². The van der Waals surface area contributed by atoms with Crippen LogP contribution in [-0.2, 0) is 13.0 Å². The zero-order chi connectivity index (χ0) is 15.5. The van der Waals surface area contributed by atoms with Gasteiger partial charge in [0, 0.05) is 19.6 Å². The average molecular weight is 299 g/mol. The monoisotopic (exact) mass is 299 g/mol. The maximum Gasteiger partial charge on any atom is 0.353 e. The Morgan fingerprint density at radius 2 is 2.09 bits per heavy atom. The first-order valence-electron chi connectivity index (χ1n) is 7.25. The molecule has 1 aliphatic heterocycles. The van der Waals surface area contributed by atoms with Crippen LogP contribution in [0.1, 0.15) is 18.1 Å². The quantitative estimate of drug-likeness (QED) is 0.689. The van der Waals surface area contributed by atoms with Gasteiger partial charge in [-0.2, -0.15) is 0 Å². The van der Waals surface area contributed by atoms with E-state index in [0.717, 1.165) is 6.42 Å². The lowest BCUT2D eigenvalue weighted by molar-refractivity contribution is -0.383. The molecule has 7 nitrogen and oxygen atoms in total.